The van der Waals surface area contributed by atoms with Crippen molar-refractivity contribution in [2.75, 3.05) is 7.05 Å². The van der Waals surface area contributed by atoms with E-state index in [4.69, 9.17) is 0 Å². The molecule has 0 saturated carbocycles. The number of hydrogen-bond acceptors (Lipinski definition) is 1. The molecule has 0 atom stereocenters. The first-order valence-electron chi connectivity index (χ1n) is 9.32. The van der Waals surface area contributed by atoms with Gasteiger partial charge in [-0.15, -0.1) is 0 Å². The van der Waals surface area contributed by atoms with E-state index in [1.54, 1.807) is 6.08 Å². The van der Waals surface area contributed by atoms with Gasteiger partial charge in [-0.2, -0.15) is 0 Å². The molecule has 0 radical (unpaired) electrons. The van der Waals surface area contributed by atoms with Gasteiger partial charge in [0.15, 0.2) is 0 Å². The van der Waals surface area contributed by atoms with E-state index < -0.39 is 0 Å². The van der Waals surface area contributed by atoms with Gasteiger partial charge in [0.1, 0.15) is 0 Å². The van der Waals surface area contributed by atoms with Crippen molar-refractivity contribution >= 4 is 6.71 Å². The number of allylic oxidation sites excluding steroid dienone is 10. The molecule has 0 saturated heterocycles. The van der Waals surface area contributed by atoms with Gasteiger partial charge in [0.05, 0.1) is 0 Å². The summed E-state index contributed by atoms with van der Waals surface area (Å²) in [6, 6.07) is 0. The van der Waals surface area contributed by atoms with Crippen LogP contribution in [0.1, 0.15) is 48.0 Å². The lowest BCUT2D eigenvalue weighted by molar-refractivity contribution is 0.551. The summed E-state index contributed by atoms with van der Waals surface area (Å²) in [5.41, 5.74) is 4.83. The smallest absolute Gasteiger partial charge is 0.203 e. The average molecular weight is 339 g/mol. The fourth-order valence-corrected chi connectivity index (χ4v) is 2.36. The van der Waals surface area contributed by atoms with Gasteiger partial charge in [0, 0.05) is 18.4 Å². The number of rotatable bonds is 9. The molecule has 138 valence electrons. The molecule has 0 aromatic carbocycles. The Hall–Kier alpha value is -1.96. The molecule has 25 heavy (non-hydrogen) atoms. The van der Waals surface area contributed by atoms with Crippen molar-refractivity contribution in [3.63, 3.8) is 0 Å². The van der Waals surface area contributed by atoms with Crippen molar-refractivity contribution in [2.45, 2.75) is 54.8 Å². The average Bonchev–Trinajstić information content (AvgIpc) is 2.64. The lowest BCUT2D eigenvalue weighted by Crippen LogP contribution is -2.25. The molecule has 0 N–H and O–H groups in total. The molecule has 2 heteroatoms. The molecule has 0 amide bonds. The van der Waals surface area contributed by atoms with Crippen molar-refractivity contribution < 1.29 is 0 Å². The van der Waals surface area contributed by atoms with Crippen LogP contribution in [0.5, 0.6) is 0 Å². The summed E-state index contributed by atoms with van der Waals surface area (Å²) in [4.78, 5) is 2.14. The Balaban J connectivity index is 0. The van der Waals surface area contributed by atoms with Gasteiger partial charge in [0.2, 0.25) is 6.71 Å². The van der Waals surface area contributed by atoms with E-state index in [1.165, 1.54) is 16.6 Å². The summed E-state index contributed by atoms with van der Waals surface area (Å²) in [5.74, 6) is 0. The minimum atomic E-state index is 0.357. The molecule has 0 aliphatic carbocycles. The highest BCUT2D eigenvalue weighted by atomic mass is 15.1. The van der Waals surface area contributed by atoms with Crippen LogP contribution in [0.25, 0.3) is 0 Å². The lowest BCUT2D eigenvalue weighted by atomic mass is 9.40. The fourth-order valence-electron chi connectivity index (χ4n) is 2.36. The largest absolute Gasteiger partial charge is 0.346 e. The van der Waals surface area contributed by atoms with Crippen LogP contribution in [0.2, 0.25) is 6.82 Å². The Bertz CT molecular complexity index is 544. The van der Waals surface area contributed by atoms with Gasteiger partial charge < -0.3 is 4.90 Å². The van der Waals surface area contributed by atoms with E-state index in [0.717, 1.165) is 12.1 Å². The second-order valence-electron chi connectivity index (χ2n) is 5.54. The molecule has 1 nitrogen and oxygen atoms in total. The zero-order valence-electron chi connectivity index (χ0n) is 17.8. The first-order valence-corrected chi connectivity index (χ1v) is 9.32. The van der Waals surface area contributed by atoms with Crippen molar-refractivity contribution in [2.24, 2.45) is 0 Å². The monoisotopic (exact) mass is 339 g/mol. The Labute approximate surface area is 158 Å². The summed E-state index contributed by atoms with van der Waals surface area (Å²) >= 11 is 0. The Morgan fingerprint density at radius 2 is 1.76 bits per heavy atom. The second kappa shape index (κ2) is 15.6. The van der Waals surface area contributed by atoms with E-state index in [-0.39, 0.29) is 0 Å². The normalized spacial score (nSPS) is 12.9. The quantitative estimate of drug-likeness (QED) is 0.318. The topological polar surface area (TPSA) is 3.24 Å². The molecule has 0 fully saturated rings. The van der Waals surface area contributed by atoms with E-state index in [1.807, 2.05) is 32.9 Å². The van der Waals surface area contributed by atoms with Gasteiger partial charge in [0.25, 0.3) is 0 Å². The SMILES string of the molecule is C=C/C=C\C(=C)N(C)C(=C/C)/C(=C\CC)B(C)/C(C)=C/C=C\C.CC. The van der Waals surface area contributed by atoms with Gasteiger partial charge >= 0.3 is 0 Å². The molecular formula is C23H38BN. The van der Waals surface area contributed by atoms with Crippen LogP contribution in [0, 0.1) is 0 Å². The van der Waals surface area contributed by atoms with Gasteiger partial charge in [-0.1, -0.05) is 101 Å². The minimum absolute atomic E-state index is 0.357. The fraction of sp³-hybridized carbons (Fsp3) is 0.391. The standard InChI is InChI=1S/C21H32BN.C2H6/c1-9-13-16-18(5)22(7)20(15-11-3)21(12-4)23(8)19(6)17-14-10-2;1-2/h9-10,12-17H,2,6,11H2,1,3-5,7-8H3;1-2H3/b13-9-,17-14-,18-16+,20-15+,21-12+;. The molecule has 0 aliphatic rings. The molecule has 0 bridgehead atoms. The highest BCUT2D eigenvalue weighted by Gasteiger charge is 2.20. The van der Waals surface area contributed by atoms with Crippen molar-refractivity contribution in [1.29, 1.82) is 0 Å². The molecule has 0 aliphatic heterocycles. The van der Waals surface area contributed by atoms with Crippen LogP contribution < -0.4 is 0 Å². The summed E-state index contributed by atoms with van der Waals surface area (Å²) in [7, 11) is 2.06. The maximum Gasteiger partial charge on any atom is 0.203 e. The molecule has 0 unspecified atom stereocenters. The Morgan fingerprint density at radius 1 is 1.16 bits per heavy atom. The zero-order valence-corrected chi connectivity index (χ0v) is 17.8. The minimum Gasteiger partial charge on any atom is -0.346 e. The Morgan fingerprint density at radius 3 is 2.20 bits per heavy atom. The van der Waals surface area contributed by atoms with Crippen LogP contribution in [0.4, 0.5) is 0 Å². The van der Waals surface area contributed by atoms with Crippen molar-refractivity contribution in [3.8, 4) is 0 Å². The molecule has 0 spiro atoms. The van der Waals surface area contributed by atoms with Gasteiger partial charge in [-0.3, -0.25) is 0 Å². The third kappa shape index (κ3) is 9.19. The van der Waals surface area contributed by atoms with Crippen LogP contribution in [0.15, 0.2) is 84.1 Å². The molecular weight excluding hydrogens is 301 g/mol. The summed E-state index contributed by atoms with van der Waals surface area (Å²) in [6.07, 6.45) is 17.5. The number of likely N-dealkylation sites (N-methyl/N-ethyl adjacent to an activating group) is 1. The molecule has 0 heterocycles. The summed E-state index contributed by atoms with van der Waals surface area (Å²) in [5, 5.41) is 0. The first kappa shape index (κ1) is 25.3. The first-order chi connectivity index (χ1) is 11.9. The van der Waals surface area contributed by atoms with E-state index in [2.05, 4.69) is 83.1 Å². The Kier molecular flexibility index (Phi) is 15.7. The maximum absolute atomic E-state index is 4.15. The third-order valence-corrected chi connectivity index (χ3v) is 3.91. The van der Waals surface area contributed by atoms with Crippen molar-refractivity contribution in [1.82, 2.24) is 4.90 Å². The van der Waals surface area contributed by atoms with E-state index in [0.29, 0.717) is 6.71 Å². The third-order valence-electron chi connectivity index (χ3n) is 3.91. The number of hydrogen-bond donors (Lipinski definition) is 0. The van der Waals surface area contributed by atoms with E-state index >= 15 is 0 Å². The van der Waals surface area contributed by atoms with Crippen LogP contribution >= 0.6 is 0 Å². The highest BCUT2D eigenvalue weighted by molar-refractivity contribution is 6.73. The predicted molar refractivity (Wildman–Crippen MR) is 120 cm³/mol. The lowest BCUT2D eigenvalue weighted by Gasteiger charge is -2.28. The van der Waals surface area contributed by atoms with E-state index in [9.17, 15) is 0 Å². The van der Waals surface area contributed by atoms with Gasteiger partial charge in [-0.05, 0) is 26.3 Å². The second-order valence-corrected chi connectivity index (χ2v) is 5.54. The molecule has 0 rings (SSSR count). The summed E-state index contributed by atoms with van der Waals surface area (Å²) < 4.78 is 0. The van der Waals surface area contributed by atoms with Crippen LogP contribution in [-0.4, -0.2) is 18.7 Å². The summed E-state index contributed by atoms with van der Waals surface area (Å²) in [6.45, 7) is 23.0. The van der Waals surface area contributed by atoms with Crippen molar-refractivity contribution in [3.05, 3.63) is 84.1 Å². The molecule has 0 aromatic heterocycles. The van der Waals surface area contributed by atoms with Crippen LogP contribution in [-0.2, 0) is 0 Å². The van der Waals surface area contributed by atoms with Gasteiger partial charge in [-0.25, -0.2) is 0 Å². The maximum atomic E-state index is 4.15. The highest BCUT2D eigenvalue weighted by Crippen LogP contribution is 2.24. The number of nitrogens with zero attached hydrogens (tertiary/aromatic N) is 1. The van der Waals surface area contributed by atoms with Crippen LogP contribution in [0.3, 0.4) is 0 Å². The molecule has 0 aromatic rings. The predicted octanol–water partition coefficient (Wildman–Crippen LogP) is 7.17. The zero-order chi connectivity index (χ0) is 19.8.